The number of nitrogens with zero attached hydrogens (tertiary/aromatic N) is 1. The van der Waals surface area contributed by atoms with Crippen molar-refractivity contribution in [1.29, 1.82) is 0 Å². The average Bonchev–Trinajstić information content (AvgIpc) is 3.19. The van der Waals surface area contributed by atoms with Crippen LogP contribution in [0.2, 0.25) is 0 Å². The van der Waals surface area contributed by atoms with Gasteiger partial charge in [0.2, 0.25) is 5.91 Å². The van der Waals surface area contributed by atoms with Crippen molar-refractivity contribution in [2.45, 2.75) is 38.8 Å². The van der Waals surface area contributed by atoms with Gasteiger partial charge in [0, 0.05) is 24.2 Å². The van der Waals surface area contributed by atoms with Crippen LogP contribution in [0.5, 0.6) is 0 Å². The molecule has 0 aromatic rings. The van der Waals surface area contributed by atoms with Gasteiger partial charge in [-0.1, -0.05) is 13.0 Å². The molecule has 0 aromatic heterocycles. The van der Waals surface area contributed by atoms with E-state index < -0.39 is 0 Å². The zero-order valence-corrected chi connectivity index (χ0v) is 13.5. The summed E-state index contributed by atoms with van der Waals surface area (Å²) in [5.74, 6) is 0.535. The van der Waals surface area contributed by atoms with Crippen LogP contribution in [0.3, 0.4) is 0 Å². The molecule has 23 heavy (non-hydrogen) atoms. The first-order valence-electron chi connectivity index (χ1n) is 8.29. The van der Waals surface area contributed by atoms with Crippen LogP contribution in [0.1, 0.15) is 20.3 Å². The van der Waals surface area contributed by atoms with Gasteiger partial charge in [0.1, 0.15) is 0 Å². The topological polar surface area (TPSA) is 68.4 Å². The molecule has 4 aliphatic rings. The molecule has 0 radical (unpaired) electrons. The van der Waals surface area contributed by atoms with Gasteiger partial charge in [0.25, 0.3) is 0 Å². The zero-order valence-electron chi connectivity index (χ0n) is 13.5. The fraction of sp³-hybridized carbons (Fsp3) is 0.471. The van der Waals surface area contributed by atoms with Gasteiger partial charge in [-0.2, -0.15) is 0 Å². The van der Waals surface area contributed by atoms with E-state index in [0.29, 0.717) is 18.9 Å². The van der Waals surface area contributed by atoms with Crippen LogP contribution in [0, 0.1) is 5.92 Å². The van der Waals surface area contributed by atoms with Gasteiger partial charge in [0.15, 0.2) is 0 Å². The molecule has 0 bridgehead atoms. The number of carbonyl (C=O) groups is 1. The van der Waals surface area contributed by atoms with Crippen molar-refractivity contribution in [1.82, 2.24) is 26.2 Å². The highest BCUT2D eigenvalue weighted by molar-refractivity contribution is 5.79. The van der Waals surface area contributed by atoms with E-state index in [0.717, 1.165) is 11.3 Å². The third-order valence-corrected chi connectivity index (χ3v) is 4.82. The number of hydrogen-bond acceptors (Lipinski definition) is 5. The van der Waals surface area contributed by atoms with Crippen molar-refractivity contribution >= 4 is 5.91 Å². The molecule has 0 aromatic carbocycles. The Morgan fingerprint density at radius 1 is 1.39 bits per heavy atom. The first-order chi connectivity index (χ1) is 11.1. The number of amides is 1. The Kier molecular flexibility index (Phi) is 3.50. The normalized spacial score (nSPS) is 34.3. The first kappa shape index (κ1) is 14.5. The van der Waals surface area contributed by atoms with Crippen molar-refractivity contribution in [3.05, 3.63) is 47.5 Å². The van der Waals surface area contributed by atoms with E-state index >= 15 is 0 Å². The van der Waals surface area contributed by atoms with Gasteiger partial charge in [0.05, 0.1) is 25.0 Å². The number of fused-ring (bicyclic) bond motifs is 2. The summed E-state index contributed by atoms with van der Waals surface area (Å²) >= 11 is 0. The van der Waals surface area contributed by atoms with Crippen molar-refractivity contribution in [3.63, 3.8) is 0 Å². The van der Waals surface area contributed by atoms with Crippen molar-refractivity contribution in [2.75, 3.05) is 6.54 Å². The lowest BCUT2D eigenvalue weighted by molar-refractivity contribution is -0.127. The summed E-state index contributed by atoms with van der Waals surface area (Å²) in [5.41, 5.74) is 3.47. The Morgan fingerprint density at radius 3 is 3.04 bits per heavy atom. The largest absolute Gasteiger partial charge is 0.375 e. The molecule has 1 saturated heterocycles. The van der Waals surface area contributed by atoms with Crippen molar-refractivity contribution in [3.8, 4) is 0 Å². The fourth-order valence-corrected chi connectivity index (χ4v) is 3.64. The highest BCUT2D eigenvalue weighted by Crippen LogP contribution is 2.30. The maximum atomic E-state index is 11.8. The number of allylic oxidation sites excluding steroid dienone is 2. The maximum absolute atomic E-state index is 11.8. The molecule has 3 heterocycles. The van der Waals surface area contributed by atoms with Crippen LogP contribution >= 0.6 is 0 Å². The third kappa shape index (κ3) is 2.58. The second kappa shape index (κ2) is 5.54. The predicted octanol–water partition coefficient (Wildman–Crippen LogP) is 0.460. The van der Waals surface area contributed by atoms with Crippen LogP contribution in [0.25, 0.3) is 0 Å². The summed E-state index contributed by atoms with van der Waals surface area (Å²) in [6.45, 7) is 4.71. The second-order valence-electron chi connectivity index (χ2n) is 6.49. The van der Waals surface area contributed by atoms with E-state index in [1.165, 1.54) is 5.57 Å². The lowest BCUT2D eigenvalue weighted by Gasteiger charge is -2.40. The molecule has 1 aliphatic carbocycles. The first-order valence-corrected chi connectivity index (χ1v) is 8.29. The van der Waals surface area contributed by atoms with E-state index in [-0.39, 0.29) is 24.4 Å². The lowest BCUT2D eigenvalue weighted by atomic mass is 10.0. The number of rotatable bonds is 3. The van der Waals surface area contributed by atoms with E-state index in [1.807, 2.05) is 19.3 Å². The van der Waals surface area contributed by atoms with Gasteiger partial charge >= 0.3 is 0 Å². The lowest BCUT2D eigenvalue weighted by Crippen LogP contribution is -2.67. The Balaban J connectivity index is 1.47. The Labute approximate surface area is 136 Å². The molecule has 0 saturated carbocycles. The van der Waals surface area contributed by atoms with Crippen LogP contribution in [0.15, 0.2) is 47.5 Å². The van der Waals surface area contributed by atoms with Crippen molar-refractivity contribution in [2.24, 2.45) is 5.92 Å². The molecular formula is C17H23N5O. The summed E-state index contributed by atoms with van der Waals surface area (Å²) in [6.07, 6.45) is 11.7. The van der Waals surface area contributed by atoms with Crippen LogP contribution in [-0.4, -0.2) is 35.8 Å². The van der Waals surface area contributed by atoms with Crippen LogP contribution < -0.4 is 21.3 Å². The maximum Gasteiger partial charge on any atom is 0.226 e. The second-order valence-corrected chi connectivity index (χ2v) is 6.49. The zero-order chi connectivity index (χ0) is 16.0. The van der Waals surface area contributed by atoms with Gasteiger partial charge < -0.3 is 15.5 Å². The van der Waals surface area contributed by atoms with Crippen LogP contribution in [0.4, 0.5) is 0 Å². The molecule has 4 unspecified atom stereocenters. The molecule has 6 nitrogen and oxygen atoms in total. The minimum absolute atomic E-state index is 0.176. The number of carbonyl (C=O) groups excluding carboxylic acids is 1. The standard InChI is InChI=1S/C17H23N5O/c1-3-15(23)22-8-11-6-13(7-12(11)9-22)21-17-14-4-5-18-16(14)19-10(2)20-17/h4-8,10,14,16-21H,3,9H2,1-2H3. The quantitative estimate of drug-likeness (QED) is 0.609. The van der Waals surface area contributed by atoms with Gasteiger partial charge in [-0.25, -0.2) is 0 Å². The number of hydrogen-bond donors (Lipinski definition) is 4. The SMILES string of the molecule is CCC(=O)N1C=C2C=C(NC3NC(C)NC4NC=CC43)C=C2C1. The molecule has 4 atom stereocenters. The van der Waals surface area contributed by atoms with E-state index in [1.54, 1.807) is 4.90 Å². The summed E-state index contributed by atoms with van der Waals surface area (Å²) in [7, 11) is 0. The minimum Gasteiger partial charge on any atom is -0.375 e. The smallest absolute Gasteiger partial charge is 0.226 e. The average molecular weight is 313 g/mol. The minimum atomic E-state index is 0.176. The highest BCUT2D eigenvalue weighted by atomic mass is 16.2. The van der Waals surface area contributed by atoms with Crippen molar-refractivity contribution < 1.29 is 4.79 Å². The molecule has 4 rings (SSSR count). The molecule has 3 aliphatic heterocycles. The monoisotopic (exact) mass is 313 g/mol. The third-order valence-electron chi connectivity index (χ3n) is 4.82. The molecular weight excluding hydrogens is 290 g/mol. The van der Waals surface area contributed by atoms with Gasteiger partial charge in [-0.05, 0) is 36.4 Å². The van der Waals surface area contributed by atoms with Gasteiger partial charge in [-0.15, -0.1) is 0 Å². The molecule has 1 amide bonds. The van der Waals surface area contributed by atoms with E-state index in [2.05, 4.69) is 46.4 Å². The summed E-state index contributed by atoms with van der Waals surface area (Å²) in [6, 6.07) is 0. The van der Waals surface area contributed by atoms with E-state index in [4.69, 9.17) is 0 Å². The number of nitrogens with one attached hydrogen (secondary N) is 4. The molecule has 6 heteroatoms. The fourth-order valence-electron chi connectivity index (χ4n) is 3.64. The molecule has 0 spiro atoms. The summed E-state index contributed by atoms with van der Waals surface area (Å²) < 4.78 is 0. The predicted molar refractivity (Wildman–Crippen MR) is 88.5 cm³/mol. The van der Waals surface area contributed by atoms with E-state index in [9.17, 15) is 4.79 Å². The van der Waals surface area contributed by atoms with Crippen LogP contribution in [-0.2, 0) is 4.79 Å². The highest BCUT2D eigenvalue weighted by Gasteiger charge is 2.36. The molecule has 4 N–H and O–H groups in total. The Hall–Kier alpha value is -2.05. The van der Waals surface area contributed by atoms with Gasteiger partial charge in [-0.3, -0.25) is 15.4 Å². The Morgan fingerprint density at radius 2 is 2.26 bits per heavy atom. The summed E-state index contributed by atoms with van der Waals surface area (Å²) in [4.78, 5) is 13.6. The Bertz CT molecular complexity index is 647. The summed E-state index contributed by atoms with van der Waals surface area (Å²) in [5, 5.41) is 14.0. The molecule has 122 valence electrons. The molecule has 1 fully saturated rings.